The number of anilines is 1. The van der Waals surface area contributed by atoms with Gasteiger partial charge in [0.15, 0.2) is 17.0 Å². The van der Waals surface area contributed by atoms with Crippen LogP contribution in [0.4, 0.5) is 5.82 Å². The van der Waals surface area contributed by atoms with Crippen LogP contribution in [-0.4, -0.2) is 45.3 Å². The molecule has 0 radical (unpaired) electrons. The molecule has 7 heteroatoms. The first-order valence-electron chi connectivity index (χ1n) is 6.86. The highest BCUT2D eigenvalue weighted by Crippen LogP contribution is 2.28. The topological polar surface area (TPSA) is 56.1 Å². The maximum atomic E-state index is 6.11. The molecule has 1 unspecified atom stereocenters. The van der Waals surface area contributed by atoms with Crippen LogP contribution in [0, 0.1) is 6.92 Å². The van der Waals surface area contributed by atoms with Gasteiger partial charge in [0.05, 0.1) is 19.3 Å². The van der Waals surface area contributed by atoms with Crippen molar-refractivity contribution in [2.45, 2.75) is 33.4 Å². The Morgan fingerprint density at radius 3 is 2.85 bits per heavy atom. The van der Waals surface area contributed by atoms with Gasteiger partial charge in [-0.2, -0.15) is 9.97 Å². The fourth-order valence-corrected chi connectivity index (χ4v) is 2.85. The van der Waals surface area contributed by atoms with Gasteiger partial charge in [0.1, 0.15) is 5.82 Å². The third-order valence-electron chi connectivity index (χ3n) is 3.70. The van der Waals surface area contributed by atoms with Crippen LogP contribution in [0.15, 0.2) is 0 Å². The lowest BCUT2D eigenvalue weighted by Crippen LogP contribution is -2.44. The molecular weight excluding hydrogens is 278 g/mol. The van der Waals surface area contributed by atoms with Crippen molar-refractivity contribution in [2.75, 3.05) is 24.7 Å². The monoisotopic (exact) mass is 295 g/mol. The average Bonchev–Trinajstić information content (AvgIpc) is 2.74. The van der Waals surface area contributed by atoms with Crippen LogP contribution in [0.3, 0.4) is 0 Å². The second-order valence-electron chi connectivity index (χ2n) is 5.01. The van der Waals surface area contributed by atoms with Gasteiger partial charge >= 0.3 is 0 Å². The Hall–Kier alpha value is -1.40. The molecule has 3 heterocycles. The first kappa shape index (κ1) is 13.6. The van der Waals surface area contributed by atoms with E-state index in [0.717, 1.165) is 35.9 Å². The van der Waals surface area contributed by atoms with Crippen molar-refractivity contribution >= 4 is 28.6 Å². The van der Waals surface area contributed by atoms with Gasteiger partial charge in [-0.3, -0.25) is 0 Å². The quantitative estimate of drug-likeness (QED) is 0.794. The van der Waals surface area contributed by atoms with Crippen LogP contribution >= 0.6 is 11.6 Å². The molecular formula is C13H18ClN5O. The Kier molecular flexibility index (Phi) is 3.52. The van der Waals surface area contributed by atoms with Crippen molar-refractivity contribution < 1.29 is 4.74 Å². The van der Waals surface area contributed by atoms with E-state index >= 15 is 0 Å². The summed E-state index contributed by atoms with van der Waals surface area (Å²) in [6.07, 6.45) is 0. The number of aromatic nitrogens is 4. The number of fused-ring (bicyclic) bond motifs is 1. The number of aryl methyl sites for hydroxylation is 2. The molecule has 0 N–H and O–H groups in total. The second kappa shape index (κ2) is 5.18. The Labute approximate surface area is 122 Å². The van der Waals surface area contributed by atoms with Crippen molar-refractivity contribution in [3.63, 3.8) is 0 Å². The lowest BCUT2D eigenvalue weighted by atomic mass is 10.2. The Morgan fingerprint density at radius 1 is 1.35 bits per heavy atom. The van der Waals surface area contributed by atoms with Crippen LogP contribution < -0.4 is 4.90 Å². The number of morpholine rings is 1. The number of halogens is 1. The van der Waals surface area contributed by atoms with Crippen LogP contribution in [0.25, 0.3) is 11.2 Å². The SMILES string of the molecule is CCn1c(C)nc2c(N3CCOCC3C)nc(Cl)nc21. The van der Waals surface area contributed by atoms with Crippen molar-refractivity contribution in [1.29, 1.82) is 0 Å². The third-order valence-corrected chi connectivity index (χ3v) is 3.86. The molecule has 1 atom stereocenters. The zero-order chi connectivity index (χ0) is 14.3. The van der Waals surface area contributed by atoms with E-state index in [1.54, 1.807) is 0 Å². The summed E-state index contributed by atoms with van der Waals surface area (Å²) in [6, 6.07) is 0.255. The minimum absolute atomic E-state index is 0.255. The number of imidazole rings is 1. The predicted octanol–water partition coefficient (Wildman–Crippen LogP) is 2.03. The van der Waals surface area contributed by atoms with Gasteiger partial charge in [0.25, 0.3) is 0 Å². The van der Waals surface area contributed by atoms with Crippen LogP contribution in [0.5, 0.6) is 0 Å². The molecule has 1 fully saturated rings. The molecule has 6 nitrogen and oxygen atoms in total. The average molecular weight is 296 g/mol. The molecule has 1 aliphatic heterocycles. The number of hydrogen-bond donors (Lipinski definition) is 0. The second-order valence-corrected chi connectivity index (χ2v) is 5.35. The van der Waals surface area contributed by atoms with Crippen molar-refractivity contribution in [1.82, 2.24) is 19.5 Å². The summed E-state index contributed by atoms with van der Waals surface area (Å²) in [7, 11) is 0. The fraction of sp³-hybridized carbons (Fsp3) is 0.615. The van der Waals surface area contributed by atoms with Gasteiger partial charge in [-0.25, -0.2) is 4.98 Å². The molecule has 0 aromatic carbocycles. The molecule has 3 rings (SSSR count). The molecule has 1 aliphatic rings. The van der Waals surface area contributed by atoms with E-state index in [1.807, 2.05) is 6.92 Å². The summed E-state index contributed by atoms with van der Waals surface area (Å²) in [4.78, 5) is 15.6. The molecule has 2 aromatic heterocycles. The Bertz CT molecular complexity index is 641. The minimum Gasteiger partial charge on any atom is -0.377 e. The van der Waals surface area contributed by atoms with E-state index in [-0.39, 0.29) is 11.3 Å². The van der Waals surface area contributed by atoms with E-state index in [4.69, 9.17) is 16.3 Å². The van der Waals surface area contributed by atoms with Crippen molar-refractivity contribution in [2.24, 2.45) is 0 Å². The van der Waals surface area contributed by atoms with Gasteiger partial charge in [-0.15, -0.1) is 0 Å². The van der Waals surface area contributed by atoms with Gasteiger partial charge in [0, 0.05) is 13.1 Å². The van der Waals surface area contributed by atoms with E-state index in [1.165, 1.54) is 0 Å². The molecule has 2 aromatic rings. The third kappa shape index (κ3) is 2.13. The maximum Gasteiger partial charge on any atom is 0.226 e. The molecule has 0 saturated carbocycles. The fourth-order valence-electron chi connectivity index (χ4n) is 2.69. The molecule has 1 saturated heterocycles. The molecule has 0 aliphatic carbocycles. The lowest BCUT2D eigenvalue weighted by molar-refractivity contribution is 0.0986. The Morgan fingerprint density at radius 2 is 2.15 bits per heavy atom. The highest BCUT2D eigenvalue weighted by atomic mass is 35.5. The van der Waals surface area contributed by atoms with E-state index < -0.39 is 0 Å². The van der Waals surface area contributed by atoms with Crippen molar-refractivity contribution in [3.8, 4) is 0 Å². The molecule has 0 bridgehead atoms. The van der Waals surface area contributed by atoms with Crippen LogP contribution in [0.2, 0.25) is 5.28 Å². The largest absolute Gasteiger partial charge is 0.377 e. The highest BCUT2D eigenvalue weighted by Gasteiger charge is 2.25. The first-order chi connectivity index (χ1) is 9.61. The summed E-state index contributed by atoms with van der Waals surface area (Å²) in [5, 5.41) is 0.265. The summed E-state index contributed by atoms with van der Waals surface area (Å²) in [5.41, 5.74) is 1.63. The summed E-state index contributed by atoms with van der Waals surface area (Å²) in [6.45, 7) is 9.16. The summed E-state index contributed by atoms with van der Waals surface area (Å²) in [5.74, 6) is 1.74. The zero-order valence-electron chi connectivity index (χ0n) is 11.9. The van der Waals surface area contributed by atoms with Gasteiger partial charge in [0.2, 0.25) is 5.28 Å². The molecule has 0 spiro atoms. The van der Waals surface area contributed by atoms with E-state index in [0.29, 0.717) is 13.2 Å². The smallest absolute Gasteiger partial charge is 0.226 e. The standard InChI is InChI=1S/C13H18ClN5O/c1-4-18-9(3)15-10-11(18)16-13(14)17-12(10)19-5-6-20-7-8(19)2/h8H,4-7H2,1-3H3. The molecule has 108 valence electrons. The highest BCUT2D eigenvalue weighted by molar-refractivity contribution is 6.28. The normalized spacial score (nSPS) is 19.8. The van der Waals surface area contributed by atoms with Gasteiger partial charge in [-0.1, -0.05) is 0 Å². The molecule has 20 heavy (non-hydrogen) atoms. The molecule has 0 amide bonds. The number of ether oxygens (including phenoxy) is 1. The summed E-state index contributed by atoms with van der Waals surface area (Å²) < 4.78 is 7.54. The zero-order valence-corrected chi connectivity index (χ0v) is 12.7. The lowest BCUT2D eigenvalue weighted by Gasteiger charge is -2.34. The Balaban J connectivity index is 2.19. The number of nitrogens with zero attached hydrogens (tertiary/aromatic N) is 5. The number of rotatable bonds is 2. The van der Waals surface area contributed by atoms with Gasteiger partial charge < -0.3 is 14.2 Å². The van der Waals surface area contributed by atoms with E-state index in [9.17, 15) is 0 Å². The van der Waals surface area contributed by atoms with Gasteiger partial charge in [-0.05, 0) is 32.4 Å². The van der Waals surface area contributed by atoms with E-state index in [2.05, 4.69) is 38.3 Å². The minimum atomic E-state index is 0.255. The number of hydrogen-bond acceptors (Lipinski definition) is 5. The van der Waals surface area contributed by atoms with Crippen molar-refractivity contribution in [3.05, 3.63) is 11.1 Å². The predicted molar refractivity (Wildman–Crippen MR) is 78.4 cm³/mol. The summed E-state index contributed by atoms with van der Waals surface area (Å²) >= 11 is 6.11. The first-order valence-corrected chi connectivity index (χ1v) is 7.24. The van der Waals surface area contributed by atoms with Crippen LogP contribution in [0.1, 0.15) is 19.7 Å². The van der Waals surface area contributed by atoms with Crippen LogP contribution in [-0.2, 0) is 11.3 Å². The maximum absolute atomic E-state index is 6.11.